The van der Waals surface area contributed by atoms with Gasteiger partial charge in [-0.3, -0.25) is 9.10 Å². The Balaban J connectivity index is 2.15. The van der Waals surface area contributed by atoms with Gasteiger partial charge in [0.1, 0.15) is 6.04 Å². The fourth-order valence-electron chi connectivity index (χ4n) is 2.58. The van der Waals surface area contributed by atoms with E-state index in [0.29, 0.717) is 5.69 Å². The predicted molar refractivity (Wildman–Crippen MR) is 96.5 cm³/mol. The van der Waals surface area contributed by atoms with Crippen molar-refractivity contribution in [2.45, 2.75) is 25.7 Å². The maximum Gasteiger partial charge on any atom is 0.416 e. The molecule has 2 aromatic carbocycles. The molecule has 0 fully saturated rings. The van der Waals surface area contributed by atoms with E-state index in [1.807, 2.05) is 0 Å². The number of halogens is 3. The zero-order chi connectivity index (χ0) is 20.2. The second-order valence-corrected chi connectivity index (χ2v) is 7.85. The summed E-state index contributed by atoms with van der Waals surface area (Å²) in [6.07, 6.45) is -3.50. The number of nitrogens with one attached hydrogen (secondary N) is 1. The molecule has 0 heterocycles. The van der Waals surface area contributed by atoms with Gasteiger partial charge < -0.3 is 5.32 Å². The molecule has 27 heavy (non-hydrogen) atoms. The number of benzene rings is 2. The summed E-state index contributed by atoms with van der Waals surface area (Å²) in [6, 6.07) is 11.6. The summed E-state index contributed by atoms with van der Waals surface area (Å²) in [4.78, 5) is 12.4. The van der Waals surface area contributed by atoms with E-state index in [4.69, 9.17) is 0 Å². The van der Waals surface area contributed by atoms with Crippen LogP contribution in [0.3, 0.4) is 0 Å². The van der Waals surface area contributed by atoms with Crippen molar-refractivity contribution in [3.8, 4) is 0 Å². The molecule has 2 rings (SSSR count). The SMILES string of the molecule is C[C@@H](C(=O)NCc1cccc(C(F)(F)F)c1)N(c1ccccc1)S(C)(=O)=O. The monoisotopic (exact) mass is 400 g/mol. The molecule has 0 aliphatic rings. The first-order valence-electron chi connectivity index (χ1n) is 7.98. The number of sulfonamides is 1. The normalized spacial score (nSPS) is 13.1. The molecular formula is C18H19F3N2O3S. The Kier molecular flexibility index (Phi) is 6.15. The van der Waals surface area contributed by atoms with E-state index in [1.54, 1.807) is 30.3 Å². The number of hydrogen-bond acceptors (Lipinski definition) is 3. The lowest BCUT2D eigenvalue weighted by atomic mass is 10.1. The van der Waals surface area contributed by atoms with Gasteiger partial charge in [-0.15, -0.1) is 0 Å². The van der Waals surface area contributed by atoms with E-state index in [9.17, 15) is 26.4 Å². The molecule has 0 spiro atoms. The fourth-order valence-corrected chi connectivity index (χ4v) is 3.75. The van der Waals surface area contributed by atoms with Gasteiger partial charge in [-0.05, 0) is 36.8 Å². The summed E-state index contributed by atoms with van der Waals surface area (Å²) in [5.74, 6) is -0.623. The molecule has 0 aliphatic heterocycles. The molecular weight excluding hydrogens is 381 g/mol. The van der Waals surface area contributed by atoms with Crippen LogP contribution in [0.1, 0.15) is 18.1 Å². The van der Waals surface area contributed by atoms with Gasteiger partial charge in [-0.25, -0.2) is 8.42 Å². The van der Waals surface area contributed by atoms with Crippen LogP contribution in [0.5, 0.6) is 0 Å². The predicted octanol–water partition coefficient (Wildman–Crippen LogP) is 3.18. The van der Waals surface area contributed by atoms with Crippen LogP contribution in [0.4, 0.5) is 18.9 Å². The van der Waals surface area contributed by atoms with E-state index in [1.165, 1.54) is 19.1 Å². The first-order valence-corrected chi connectivity index (χ1v) is 9.83. The van der Waals surface area contributed by atoms with Crippen molar-refractivity contribution < 1.29 is 26.4 Å². The number of anilines is 1. The second-order valence-electron chi connectivity index (χ2n) is 5.99. The minimum absolute atomic E-state index is 0.153. The third kappa shape index (κ3) is 5.46. The van der Waals surface area contributed by atoms with E-state index in [-0.39, 0.29) is 12.1 Å². The van der Waals surface area contributed by atoms with Gasteiger partial charge in [-0.1, -0.05) is 30.3 Å². The molecule has 146 valence electrons. The number of para-hydroxylation sites is 1. The molecule has 0 unspecified atom stereocenters. The minimum atomic E-state index is -4.48. The van der Waals surface area contributed by atoms with Crippen molar-refractivity contribution in [3.05, 3.63) is 65.7 Å². The van der Waals surface area contributed by atoms with E-state index >= 15 is 0 Å². The van der Waals surface area contributed by atoms with Gasteiger partial charge in [0, 0.05) is 6.54 Å². The largest absolute Gasteiger partial charge is 0.416 e. The van der Waals surface area contributed by atoms with Gasteiger partial charge in [0.05, 0.1) is 17.5 Å². The minimum Gasteiger partial charge on any atom is -0.350 e. The highest BCUT2D eigenvalue weighted by Gasteiger charge is 2.31. The van der Waals surface area contributed by atoms with Crippen LogP contribution in [-0.2, 0) is 27.5 Å². The highest BCUT2D eigenvalue weighted by molar-refractivity contribution is 7.92. The molecule has 0 aliphatic carbocycles. The molecule has 0 aromatic heterocycles. The zero-order valence-electron chi connectivity index (χ0n) is 14.7. The van der Waals surface area contributed by atoms with Crippen molar-refractivity contribution in [2.75, 3.05) is 10.6 Å². The Morgan fingerprint density at radius 1 is 1.11 bits per heavy atom. The van der Waals surface area contributed by atoms with Crippen LogP contribution in [0, 0.1) is 0 Å². The summed E-state index contributed by atoms with van der Waals surface area (Å²) >= 11 is 0. The molecule has 5 nitrogen and oxygen atoms in total. The average molecular weight is 400 g/mol. The number of carbonyl (C=O) groups excluding carboxylic acids is 1. The molecule has 9 heteroatoms. The second kappa shape index (κ2) is 7.99. The number of hydrogen-bond donors (Lipinski definition) is 1. The fraction of sp³-hybridized carbons (Fsp3) is 0.278. The average Bonchev–Trinajstić information content (AvgIpc) is 2.59. The number of alkyl halides is 3. The number of nitrogens with zero attached hydrogens (tertiary/aromatic N) is 1. The van der Waals surface area contributed by atoms with Crippen molar-refractivity contribution >= 4 is 21.6 Å². The first kappa shape index (κ1) is 20.8. The lowest BCUT2D eigenvalue weighted by molar-refractivity contribution is -0.137. The zero-order valence-corrected chi connectivity index (χ0v) is 15.5. The van der Waals surface area contributed by atoms with E-state index in [0.717, 1.165) is 22.7 Å². The Morgan fingerprint density at radius 2 is 1.74 bits per heavy atom. The van der Waals surface area contributed by atoms with Crippen LogP contribution in [0.2, 0.25) is 0 Å². The van der Waals surface area contributed by atoms with Gasteiger partial charge in [0.25, 0.3) is 0 Å². The van der Waals surface area contributed by atoms with Crippen LogP contribution in [0.25, 0.3) is 0 Å². The molecule has 0 saturated heterocycles. The molecule has 1 amide bonds. The van der Waals surface area contributed by atoms with E-state index < -0.39 is 33.7 Å². The van der Waals surface area contributed by atoms with Crippen molar-refractivity contribution in [3.63, 3.8) is 0 Å². The standard InChI is InChI=1S/C18H19F3N2O3S/c1-13(23(27(2,25)26)16-9-4-3-5-10-16)17(24)22-12-14-7-6-8-15(11-14)18(19,20)21/h3-11,13H,12H2,1-2H3,(H,22,24)/t13-/m0/s1. The smallest absolute Gasteiger partial charge is 0.350 e. The number of carbonyl (C=O) groups is 1. The Labute approximate surface area is 155 Å². The molecule has 1 N–H and O–H groups in total. The topological polar surface area (TPSA) is 66.5 Å². The molecule has 1 atom stereocenters. The lowest BCUT2D eigenvalue weighted by Gasteiger charge is -2.28. The Morgan fingerprint density at radius 3 is 2.30 bits per heavy atom. The van der Waals surface area contributed by atoms with E-state index in [2.05, 4.69) is 5.32 Å². The summed E-state index contributed by atoms with van der Waals surface area (Å²) in [5.41, 5.74) is -0.234. The van der Waals surface area contributed by atoms with Crippen molar-refractivity contribution in [1.82, 2.24) is 5.32 Å². The lowest BCUT2D eigenvalue weighted by Crippen LogP contribution is -2.47. The Hall–Kier alpha value is -2.55. The van der Waals surface area contributed by atoms with Gasteiger partial charge in [0.15, 0.2) is 0 Å². The highest BCUT2D eigenvalue weighted by Crippen LogP contribution is 2.29. The maximum atomic E-state index is 12.8. The summed E-state index contributed by atoms with van der Waals surface area (Å²) in [7, 11) is -3.75. The third-order valence-corrected chi connectivity index (χ3v) is 5.06. The summed E-state index contributed by atoms with van der Waals surface area (Å²) < 4.78 is 63.5. The number of rotatable bonds is 6. The first-order chi connectivity index (χ1) is 12.5. The Bertz CT molecular complexity index is 900. The quantitative estimate of drug-likeness (QED) is 0.810. The highest BCUT2D eigenvalue weighted by atomic mass is 32.2. The molecule has 0 bridgehead atoms. The summed E-state index contributed by atoms with van der Waals surface area (Å²) in [5, 5.41) is 2.49. The third-order valence-electron chi connectivity index (χ3n) is 3.82. The van der Waals surface area contributed by atoms with Crippen LogP contribution < -0.4 is 9.62 Å². The van der Waals surface area contributed by atoms with Crippen molar-refractivity contribution in [2.24, 2.45) is 0 Å². The number of amides is 1. The van der Waals surface area contributed by atoms with Crippen molar-refractivity contribution in [1.29, 1.82) is 0 Å². The molecule has 2 aromatic rings. The van der Waals surface area contributed by atoms with Gasteiger partial charge in [0.2, 0.25) is 15.9 Å². The molecule has 0 radical (unpaired) electrons. The van der Waals surface area contributed by atoms with Crippen LogP contribution in [0.15, 0.2) is 54.6 Å². The summed E-state index contributed by atoms with van der Waals surface area (Å²) in [6.45, 7) is 1.26. The maximum absolute atomic E-state index is 12.8. The van der Waals surface area contributed by atoms with Gasteiger partial charge in [-0.2, -0.15) is 13.2 Å². The molecule has 0 saturated carbocycles. The van der Waals surface area contributed by atoms with Crippen LogP contribution in [-0.4, -0.2) is 26.6 Å². The van der Waals surface area contributed by atoms with Gasteiger partial charge >= 0.3 is 6.18 Å². The van der Waals surface area contributed by atoms with Crippen LogP contribution >= 0.6 is 0 Å².